The number of nitrogens with one attached hydrogen (secondary N) is 1. The Morgan fingerprint density at radius 1 is 1.27 bits per heavy atom. The fourth-order valence-corrected chi connectivity index (χ4v) is 2.49. The van der Waals surface area contributed by atoms with E-state index in [2.05, 4.69) is 19.2 Å². The zero-order chi connectivity index (χ0) is 16.8. The van der Waals surface area contributed by atoms with Crippen LogP contribution in [0.3, 0.4) is 0 Å². The number of benzene rings is 1. The van der Waals surface area contributed by atoms with E-state index in [0.717, 1.165) is 18.4 Å². The maximum absolute atomic E-state index is 11.8. The zero-order valence-electron chi connectivity index (χ0n) is 14.0. The number of ether oxygens (including phenoxy) is 1. The SMILES string of the molecule is CC(C)(C)OC(=O)Nc1ccc(C(C)(C)C2(N)CC2)cc1O. The lowest BCUT2D eigenvalue weighted by atomic mass is 9.76. The molecule has 0 bridgehead atoms. The predicted molar refractivity (Wildman–Crippen MR) is 87.1 cm³/mol. The Kier molecular flexibility index (Phi) is 3.90. The second-order valence-electron chi connectivity index (χ2n) is 7.64. The van der Waals surface area contributed by atoms with Crippen LogP contribution >= 0.6 is 0 Å². The number of aromatic hydroxyl groups is 1. The van der Waals surface area contributed by atoms with Crippen LogP contribution in [-0.4, -0.2) is 22.3 Å². The van der Waals surface area contributed by atoms with Gasteiger partial charge in [-0.3, -0.25) is 5.32 Å². The smallest absolute Gasteiger partial charge is 0.412 e. The number of anilines is 1. The first kappa shape index (κ1) is 16.6. The monoisotopic (exact) mass is 306 g/mol. The molecule has 5 heteroatoms. The molecule has 1 aromatic carbocycles. The quantitative estimate of drug-likeness (QED) is 0.746. The lowest BCUT2D eigenvalue weighted by molar-refractivity contribution is 0.0635. The van der Waals surface area contributed by atoms with Crippen molar-refractivity contribution in [2.45, 2.75) is 64.0 Å². The van der Waals surface area contributed by atoms with Crippen LogP contribution < -0.4 is 11.1 Å². The largest absolute Gasteiger partial charge is 0.506 e. The lowest BCUT2D eigenvalue weighted by Gasteiger charge is -2.32. The molecular weight excluding hydrogens is 280 g/mol. The molecule has 0 aliphatic heterocycles. The summed E-state index contributed by atoms with van der Waals surface area (Å²) in [7, 11) is 0. The molecule has 1 aromatic rings. The Hall–Kier alpha value is -1.75. The van der Waals surface area contributed by atoms with E-state index in [4.69, 9.17) is 10.5 Å². The van der Waals surface area contributed by atoms with Gasteiger partial charge in [0.1, 0.15) is 11.4 Å². The van der Waals surface area contributed by atoms with Gasteiger partial charge in [0.2, 0.25) is 0 Å². The van der Waals surface area contributed by atoms with Crippen molar-refractivity contribution >= 4 is 11.8 Å². The van der Waals surface area contributed by atoms with E-state index >= 15 is 0 Å². The first-order chi connectivity index (χ1) is 9.95. The zero-order valence-corrected chi connectivity index (χ0v) is 14.0. The molecule has 4 N–H and O–H groups in total. The summed E-state index contributed by atoms with van der Waals surface area (Å²) in [4.78, 5) is 11.8. The van der Waals surface area contributed by atoms with Gasteiger partial charge in [-0.25, -0.2) is 4.79 Å². The molecule has 0 aromatic heterocycles. The Labute approximate surface area is 131 Å². The number of nitrogens with two attached hydrogens (primary N) is 1. The highest BCUT2D eigenvalue weighted by Gasteiger charge is 2.51. The molecular formula is C17H26N2O3. The highest BCUT2D eigenvalue weighted by atomic mass is 16.6. The van der Waals surface area contributed by atoms with Crippen LogP contribution in [0.5, 0.6) is 5.75 Å². The van der Waals surface area contributed by atoms with Crippen molar-refractivity contribution in [3.63, 3.8) is 0 Å². The molecule has 1 amide bonds. The molecule has 0 spiro atoms. The van der Waals surface area contributed by atoms with E-state index in [0.29, 0.717) is 5.69 Å². The van der Waals surface area contributed by atoms with E-state index < -0.39 is 11.7 Å². The van der Waals surface area contributed by atoms with Crippen molar-refractivity contribution in [3.8, 4) is 5.75 Å². The average Bonchev–Trinajstić information content (AvgIpc) is 3.09. The number of amides is 1. The van der Waals surface area contributed by atoms with Gasteiger partial charge < -0.3 is 15.6 Å². The molecule has 0 unspecified atom stereocenters. The summed E-state index contributed by atoms with van der Waals surface area (Å²) in [6.45, 7) is 9.52. The fourth-order valence-electron chi connectivity index (χ4n) is 2.49. The first-order valence-electron chi connectivity index (χ1n) is 7.57. The lowest BCUT2D eigenvalue weighted by Crippen LogP contribution is -2.43. The summed E-state index contributed by atoms with van der Waals surface area (Å²) < 4.78 is 5.18. The molecule has 2 rings (SSSR count). The van der Waals surface area contributed by atoms with Gasteiger partial charge in [0.25, 0.3) is 0 Å². The Morgan fingerprint density at radius 2 is 1.86 bits per heavy atom. The van der Waals surface area contributed by atoms with Crippen molar-refractivity contribution in [1.82, 2.24) is 0 Å². The van der Waals surface area contributed by atoms with Crippen molar-refractivity contribution in [2.24, 2.45) is 5.73 Å². The highest BCUT2D eigenvalue weighted by molar-refractivity contribution is 5.87. The predicted octanol–water partition coefficient (Wildman–Crippen LogP) is 3.51. The maximum Gasteiger partial charge on any atom is 0.412 e. The minimum atomic E-state index is -0.590. The highest BCUT2D eigenvalue weighted by Crippen LogP contribution is 2.49. The summed E-state index contributed by atoms with van der Waals surface area (Å²) in [5.74, 6) is 0.0145. The van der Waals surface area contributed by atoms with E-state index in [-0.39, 0.29) is 16.7 Å². The van der Waals surface area contributed by atoms with Gasteiger partial charge >= 0.3 is 6.09 Å². The third-order valence-corrected chi connectivity index (χ3v) is 4.39. The Bertz CT molecular complexity index is 584. The van der Waals surface area contributed by atoms with Gasteiger partial charge in [-0.2, -0.15) is 0 Å². The Balaban J connectivity index is 2.15. The van der Waals surface area contributed by atoms with Crippen LogP contribution in [0.15, 0.2) is 18.2 Å². The molecule has 5 nitrogen and oxygen atoms in total. The summed E-state index contributed by atoms with van der Waals surface area (Å²) in [5, 5.41) is 12.7. The minimum Gasteiger partial charge on any atom is -0.506 e. The molecule has 0 atom stereocenters. The van der Waals surface area contributed by atoms with Gasteiger partial charge in [-0.05, 0) is 51.3 Å². The second-order valence-corrected chi connectivity index (χ2v) is 7.64. The molecule has 1 aliphatic rings. The number of phenols is 1. The summed E-state index contributed by atoms with van der Waals surface area (Å²) in [6, 6.07) is 5.24. The van der Waals surface area contributed by atoms with Crippen molar-refractivity contribution in [3.05, 3.63) is 23.8 Å². The van der Waals surface area contributed by atoms with Gasteiger partial charge in [0.15, 0.2) is 0 Å². The fraction of sp³-hybridized carbons (Fsp3) is 0.588. The summed E-state index contributed by atoms with van der Waals surface area (Å²) in [5.41, 5.74) is 6.59. The second kappa shape index (κ2) is 5.16. The van der Waals surface area contributed by atoms with Crippen LogP contribution in [0.1, 0.15) is 53.0 Å². The number of hydrogen-bond donors (Lipinski definition) is 3. The minimum absolute atomic E-state index is 0.0145. The molecule has 1 aliphatic carbocycles. The molecule has 0 radical (unpaired) electrons. The van der Waals surface area contributed by atoms with E-state index in [9.17, 15) is 9.90 Å². The van der Waals surface area contributed by atoms with E-state index in [1.54, 1.807) is 32.9 Å². The van der Waals surface area contributed by atoms with E-state index in [1.807, 2.05) is 6.07 Å². The van der Waals surface area contributed by atoms with Crippen molar-refractivity contribution in [1.29, 1.82) is 0 Å². The first-order valence-corrected chi connectivity index (χ1v) is 7.57. The molecule has 0 saturated heterocycles. The van der Waals surface area contributed by atoms with Crippen LogP contribution in [0.4, 0.5) is 10.5 Å². The normalized spacial score (nSPS) is 17.0. The molecule has 122 valence electrons. The molecule has 1 saturated carbocycles. The molecule has 0 heterocycles. The van der Waals surface area contributed by atoms with Crippen LogP contribution in [0.2, 0.25) is 0 Å². The molecule has 1 fully saturated rings. The molecule has 22 heavy (non-hydrogen) atoms. The number of phenolic OH excluding ortho intramolecular Hbond substituents is 1. The summed E-state index contributed by atoms with van der Waals surface area (Å²) >= 11 is 0. The Morgan fingerprint density at radius 3 is 2.32 bits per heavy atom. The maximum atomic E-state index is 11.8. The number of hydrogen-bond acceptors (Lipinski definition) is 4. The van der Waals surface area contributed by atoms with Gasteiger partial charge in [0.05, 0.1) is 5.69 Å². The van der Waals surface area contributed by atoms with Gasteiger partial charge in [-0.15, -0.1) is 0 Å². The third-order valence-electron chi connectivity index (χ3n) is 4.39. The van der Waals surface area contributed by atoms with Gasteiger partial charge in [0, 0.05) is 11.0 Å². The summed E-state index contributed by atoms with van der Waals surface area (Å²) in [6.07, 6.45) is 1.38. The van der Waals surface area contributed by atoms with E-state index in [1.165, 1.54) is 0 Å². The van der Waals surface area contributed by atoms with Crippen molar-refractivity contribution in [2.75, 3.05) is 5.32 Å². The average molecular weight is 306 g/mol. The van der Waals surface area contributed by atoms with Crippen LogP contribution in [-0.2, 0) is 10.2 Å². The van der Waals surface area contributed by atoms with Crippen LogP contribution in [0, 0.1) is 0 Å². The number of rotatable bonds is 3. The van der Waals surface area contributed by atoms with Gasteiger partial charge in [-0.1, -0.05) is 19.9 Å². The van der Waals surface area contributed by atoms with Crippen LogP contribution in [0.25, 0.3) is 0 Å². The topological polar surface area (TPSA) is 84.6 Å². The van der Waals surface area contributed by atoms with Crippen molar-refractivity contribution < 1.29 is 14.6 Å². The number of carbonyl (C=O) groups is 1. The third kappa shape index (κ3) is 3.35. The number of carbonyl (C=O) groups excluding carboxylic acids is 1. The standard InChI is InChI=1S/C17H26N2O3/c1-15(2,3)22-14(21)19-12-7-6-11(10-13(12)20)16(4,5)17(18)8-9-17/h6-7,10,20H,8-9,18H2,1-5H3,(H,19,21).